The predicted molar refractivity (Wildman–Crippen MR) is 71.0 cm³/mol. The Hall–Kier alpha value is -2.22. The number of ether oxygens (including phenoxy) is 1. The van der Waals surface area contributed by atoms with Crippen molar-refractivity contribution >= 4 is 17.7 Å². The van der Waals surface area contributed by atoms with Gasteiger partial charge in [-0.3, -0.25) is 0 Å². The van der Waals surface area contributed by atoms with Crippen molar-refractivity contribution < 1.29 is 28.2 Å². The summed E-state index contributed by atoms with van der Waals surface area (Å²) in [5, 5.41) is 13.4. The van der Waals surface area contributed by atoms with Gasteiger partial charge in [0.2, 0.25) is 0 Å². The van der Waals surface area contributed by atoms with Gasteiger partial charge in [-0.1, -0.05) is 0 Å². The van der Waals surface area contributed by atoms with Gasteiger partial charge in [-0.15, -0.1) is 0 Å². The molecule has 1 aromatic carbocycles. The molecule has 0 fully saturated rings. The number of rotatable bonds is 7. The number of carbonyl (C=O) groups excluding carboxylic acids is 1. The molecule has 0 aliphatic heterocycles. The van der Waals surface area contributed by atoms with Gasteiger partial charge in [0.15, 0.2) is 11.6 Å². The van der Waals surface area contributed by atoms with Crippen LogP contribution in [0.2, 0.25) is 0 Å². The Bertz CT molecular complexity index is 511. The second-order valence-electron chi connectivity index (χ2n) is 4.25. The molecule has 0 saturated heterocycles. The summed E-state index contributed by atoms with van der Waals surface area (Å²) in [5.41, 5.74) is 0.0208. The fraction of sp³-hybridized carbons (Fsp3) is 0.385. The molecule has 0 aliphatic rings. The molecule has 0 bridgehead atoms. The van der Waals surface area contributed by atoms with Crippen LogP contribution >= 0.6 is 0 Å². The van der Waals surface area contributed by atoms with E-state index in [1.807, 2.05) is 0 Å². The molecule has 0 radical (unpaired) electrons. The third kappa shape index (κ3) is 5.74. The minimum Gasteiger partial charge on any atom is -0.480 e. The molecule has 21 heavy (non-hydrogen) atoms. The van der Waals surface area contributed by atoms with Crippen LogP contribution in [0.15, 0.2) is 18.2 Å². The molecular formula is C13H16F2N2O4. The summed E-state index contributed by atoms with van der Waals surface area (Å²) < 4.78 is 30.5. The zero-order chi connectivity index (χ0) is 15.8. The number of halogens is 2. The summed E-state index contributed by atoms with van der Waals surface area (Å²) in [4.78, 5) is 22.6. The van der Waals surface area contributed by atoms with Gasteiger partial charge in [0.05, 0.1) is 0 Å². The Morgan fingerprint density at radius 1 is 1.33 bits per heavy atom. The number of urea groups is 1. The molecule has 1 atom stereocenters. The van der Waals surface area contributed by atoms with Crippen molar-refractivity contribution in [3.05, 3.63) is 29.8 Å². The number of hydrogen-bond donors (Lipinski definition) is 3. The third-order valence-electron chi connectivity index (χ3n) is 2.62. The van der Waals surface area contributed by atoms with Crippen molar-refractivity contribution in [1.82, 2.24) is 5.32 Å². The molecule has 6 nitrogen and oxygen atoms in total. The summed E-state index contributed by atoms with van der Waals surface area (Å²) in [6.07, 6.45) is 0.646. The Kier molecular flexibility index (Phi) is 6.54. The zero-order valence-corrected chi connectivity index (χ0v) is 11.4. The van der Waals surface area contributed by atoms with Gasteiger partial charge in [-0.25, -0.2) is 18.4 Å². The van der Waals surface area contributed by atoms with E-state index in [4.69, 9.17) is 9.84 Å². The van der Waals surface area contributed by atoms with Crippen LogP contribution in [0, 0.1) is 11.6 Å². The Morgan fingerprint density at radius 2 is 2.05 bits per heavy atom. The summed E-state index contributed by atoms with van der Waals surface area (Å²) in [5.74, 6) is -3.34. The van der Waals surface area contributed by atoms with Crippen LogP contribution in [0.4, 0.5) is 19.3 Å². The number of amides is 2. The van der Waals surface area contributed by atoms with Gasteiger partial charge < -0.3 is 20.5 Å². The number of nitrogens with one attached hydrogen (secondary N) is 2. The van der Waals surface area contributed by atoms with Crippen molar-refractivity contribution in [3.63, 3.8) is 0 Å². The van der Waals surface area contributed by atoms with E-state index in [1.165, 1.54) is 13.2 Å². The second-order valence-corrected chi connectivity index (χ2v) is 4.25. The smallest absolute Gasteiger partial charge is 0.326 e. The number of carbonyl (C=O) groups is 2. The van der Waals surface area contributed by atoms with E-state index in [1.54, 1.807) is 0 Å². The van der Waals surface area contributed by atoms with Gasteiger partial charge in [0, 0.05) is 25.5 Å². The lowest BCUT2D eigenvalue weighted by molar-refractivity contribution is -0.139. The second kappa shape index (κ2) is 8.15. The van der Waals surface area contributed by atoms with Gasteiger partial charge in [0.25, 0.3) is 0 Å². The quantitative estimate of drug-likeness (QED) is 0.672. The van der Waals surface area contributed by atoms with Crippen LogP contribution in [-0.4, -0.2) is 36.9 Å². The average Bonchev–Trinajstić information content (AvgIpc) is 2.42. The topological polar surface area (TPSA) is 87.7 Å². The van der Waals surface area contributed by atoms with Crippen molar-refractivity contribution in [2.75, 3.05) is 19.0 Å². The fourth-order valence-corrected chi connectivity index (χ4v) is 1.59. The molecule has 3 N–H and O–H groups in total. The number of carboxylic acid groups (broad SMARTS) is 1. The summed E-state index contributed by atoms with van der Waals surface area (Å²) in [6, 6.07) is 0.920. The summed E-state index contributed by atoms with van der Waals surface area (Å²) in [7, 11) is 1.49. The molecule has 0 heterocycles. The highest BCUT2D eigenvalue weighted by Crippen LogP contribution is 2.13. The number of hydrogen-bond acceptors (Lipinski definition) is 3. The summed E-state index contributed by atoms with van der Waals surface area (Å²) >= 11 is 0. The first kappa shape index (κ1) is 16.8. The number of aliphatic carboxylic acids is 1. The number of anilines is 1. The van der Waals surface area contributed by atoms with E-state index in [0.29, 0.717) is 13.0 Å². The molecule has 1 aromatic rings. The minimum absolute atomic E-state index is 0.0208. The molecule has 2 amide bonds. The maximum atomic E-state index is 13.0. The molecule has 0 aromatic heterocycles. The van der Waals surface area contributed by atoms with Crippen LogP contribution in [0.25, 0.3) is 0 Å². The Labute approximate surface area is 120 Å². The number of carboxylic acids is 1. The van der Waals surface area contributed by atoms with E-state index >= 15 is 0 Å². The Balaban J connectivity index is 2.56. The molecular weight excluding hydrogens is 286 g/mol. The first-order valence-electron chi connectivity index (χ1n) is 6.18. The number of benzene rings is 1. The third-order valence-corrected chi connectivity index (χ3v) is 2.62. The van der Waals surface area contributed by atoms with Crippen molar-refractivity contribution in [1.29, 1.82) is 0 Å². The van der Waals surface area contributed by atoms with Crippen LogP contribution in [-0.2, 0) is 9.53 Å². The van der Waals surface area contributed by atoms with Crippen LogP contribution < -0.4 is 10.6 Å². The standard InChI is InChI=1S/C13H16F2N2O4/c1-21-6-2-3-11(12(18)19)17-13(20)16-8-4-5-9(14)10(15)7-8/h4-5,7,11H,2-3,6H2,1H3,(H,18,19)(H2,16,17,20). The molecule has 1 rings (SSSR count). The number of methoxy groups -OCH3 is 1. The largest absolute Gasteiger partial charge is 0.480 e. The maximum absolute atomic E-state index is 13.0. The first-order chi connectivity index (χ1) is 9.93. The molecule has 116 valence electrons. The zero-order valence-electron chi connectivity index (χ0n) is 11.4. The van der Waals surface area contributed by atoms with Gasteiger partial charge >= 0.3 is 12.0 Å². The SMILES string of the molecule is COCCCC(NC(=O)Nc1ccc(F)c(F)c1)C(=O)O. The molecule has 0 aliphatic carbocycles. The van der Waals surface area contributed by atoms with E-state index in [0.717, 1.165) is 12.1 Å². The summed E-state index contributed by atoms with van der Waals surface area (Å²) in [6.45, 7) is 0.371. The predicted octanol–water partition coefficient (Wildman–Crippen LogP) is 1.97. The lowest BCUT2D eigenvalue weighted by atomic mass is 10.1. The van der Waals surface area contributed by atoms with Crippen molar-refractivity contribution in [3.8, 4) is 0 Å². The van der Waals surface area contributed by atoms with Crippen LogP contribution in [0.5, 0.6) is 0 Å². The Morgan fingerprint density at radius 3 is 2.62 bits per heavy atom. The first-order valence-corrected chi connectivity index (χ1v) is 6.18. The highest BCUT2D eigenvalue weighted by atomic mass is 19.2. The van der Waals surface area contributed by atoms with Gasteiger partial charge in [0.1, 0.15) is 6.04 Å². The van der Waals surface area contributed by atoms with Crippen molar-refractivity contribution in [2.45, 2.75) is 18.9 Å². The van der Waals surface area contributed by atoms with Gasteiger partial charge in [-0.05, 0) is 25.0 Å². The van der Waals surface area contributed by atoms with E-state index in [2.05, 4.69) is 10.6 Å². The lowest BCUT2D eigenvalue weighted by Gasteiger charge is -2.15. The van der Waals surface area contributed by atoms with E-state index in [9.17, 15) is 18.4 Å². The highest BCUT2D eigenvalue weighted by molar-refractivity contribution is 5.92. The normalized spacial score (nSPS) is 11.8. The van der Waals surface area contributed by atoms with Crippen LogP contribution in [0.1, 0.15) is 12.8 Å². The average molecular weight is 302 g/mol. The molecule has 8 heteroatoms. The van der Waals surface area contributed by atoms with E-state index < -0.39 is 29.7 Å². The molecule has 1 unspecified atom stereocenters. The molecule has 0 saturated carbocycles. The van der Waals surface area contributed by atoms with Crippen LogP contribution in [0.3, 0.4) is 0 Å². The highest BCUT2D eigenvalue weighted by Gasteiger charge is 2.19. The minimum atomic E-state index is -1.19. The van der Waals surface area contributed by atoms with E-state index in [-0.39, 0.29) is 12.1 Å². The maximum Gasteiger partial charge on any atom is 0.326 e. The monoisotopic (exact) mass is 302 g/mol. The molecule has 0 spiro atoms. The van der Waals surface area contributed by atoms with Gasteiger partial charge in [-0.2, -0.15) is 0 Å². The lowest BCUT2D eigenvalue weighted by Crippen LogP contribution is -2.43. The fourth-order valence-electron chi connectivity index (χ4n) is 1.59. The van der Waals surface area contributed by atoms with Crippen molar-refractivity contribution in [2.24, 2.45) is 0 Å².